The predicted molar refractivity (Wildman–Crippen MR) is 147 cm³/mol. The van der Waals surface area contributed by atoms with Gasteiger partial charge in [-0.1, -0.05) is 30.3 Å². The fraction of sp³-hybridized carbons (Fsp3) is 0.655. The molecule has 1 atom stereocenters. The van der Waals surface area contributed by atoms with Crippen LogP contribution < -0.4 is 9.80 Å². The molecule has 0 bridgehead atoms. The number of hydrogen-bond donors (Lipinski definition) is 2. The van der Waals surface area contributed by atoms with Gasteiger partial charge in [-0.25, -0.2) is 9.97 Å². The van der Waals surface area contributed by atoms with Gasteiger partial charge in [-0.05, 0) is 64.6 Å². The van der Waals surface area contributed by atoms with Crippen molar-refractivity contribution < 1.29 is 14.9 Å². The van der Waals surface area contributed by atoms with Crippen molar-refractivity contribution in [2.45, 2.75) is 68.0 Å². The molecule has 6 rings (SSSR count). The van der Waals surface area contributed by atoms with Gasteiger partial charge in [0.1, 0.15) is 0 Å². The molecule has 4 aliphatic rings. The maximum absolute atomic E-state index is 11.7. The van der Waals surface area contributed by atoms with Crippen molar-refractivity contribution in [1.82, 2.24) is 19.8 Å². The molecule has 2 aromatic rings. The van der Waals surface area contributed by atoms with Crippen LogP contribution in [0.3, 0.4) is 0 Å². The lowest BCUT2D eigenvalue weighted by molar-refractivity contribution is -0.124. The molecule has 9 heteroatoms. The summed E-state index contributed by atoms with van der Waals surface area (Å²) in [6.45, 7) is 4.15. The first-order valence-corrected chi connectivity index (χ1v) is 14.2. The third kappa shape index (κ3) is 4.48. The molecule has 0 amide bonds. The minimum atomic E-state index is -0.818. The third-order valence-corrected chi connectivity index (χ3v) is 9.81. The van der Waals surface area contributed by atoms with Gasteiger partial charge in [0.25, 0.3) is 0 Å². The highest BCUT2D eigenvalue weighted by molar-refractivity contribution is 5.48. The second-order valence-electron chi connectivity index (χ2n) is 12.0. The minimum Gasteiger partial charge on any atom is -0.389 e. The van der Waals surface area contributed by atoms with Crippen LogP contribution in [0.2, 0.25) is 0 Å². The molecule has 1 spiro atoms. The number of anilines is 2. The van der Waals surface area contributed by atoms with Crippen molar-refractivity contribution in [2.75, 3.05) is 63.3 Å². The zero-order valence-electron chi connectivity index (χ0n) is 22.8. The largest absolute Gasteiger partial charge is 0.389 e. The Morgan fingerprint density at radius 2 is 1.63 bits per heavy atom. The van der Waals surface area contributed by atoms with Crippen molar-refractivity contribution in [1.29, 1.82) is 0 Å². The highest BCUT2D eigenvalue weighted by Gasteiger charge is 2.56. The summed E-state index contributed by atoms with van der Waals surface area (Å²) in [7, 11) is 4.37. The summed E-state index contributed by atoms with van der Waals surface area (Å²) >= 11 is 0. The van der Waals surface area contributed by atoms with E-state index in [0.717, 1.165) is 63.7 Å². The summed E-state index contributed by atoms with van der Waals surface area (Å²) in [6.07, 6.45) is 9.38. The van der Waals surface area contributed by atoms with E-state index in [1.165, 1.54) is 5.56 Å². The quantitative estimate of drug-likeness (QED) is 0.594. The molecule has 0 radical (unpaired) electrons. The smallest absolute Gasteiger partial charge is 0.225 e. The van der Waals surface area contributed by atoms with E-state index >= 15 is 0 Å². The van der Waals surface area contributed by atoms with E-state index in [9.17, 15) is 10.2 Å². The normalized spacial score (nSPS) is 31.7. The van der Waals surface area contributed by atoms with Crippen molar-refractivity contribution >= 4 is 11.6 Å². The number of aliphatic hydroxyl groups excluding tert-OH is 1. The van der Waals surface area contributed by atoms with Gasteiger partial charge in [0.2, 0.25) is 5.95 Å². The van der Waals surface area contributed by atoms with Crippen molar-refractivity contribution in [3.05, 3.63) is 48.3 Å². The predicted octanol–water partition coefficient (Wildman–Crippen LogP) is 2.40. The summed E-state index contributed by atoms with van der Waals surface area (Å²) in [4.78, 5) is 18.1. The Labute approximate surface area is 226 Å². The maximum Gasteiger partial charge on any atom is 0.225 e. The van der Waals surface area contributed by atoms with Gasteiger partial charge in [-0.15, -0.1) is 0 Å². The number of aliphatic hydroxyl groups is 2. The maximum atomic E-state index is 11.7. The lowest BCUT2D eigenvalue weighted by Gasteiger charge is -2.53. The van der Waals surface area contributed by atoms with Crippen LogP contribution in [-0.2, 0) is 10.3 Å². The number of hydrogen-bond acceptors (Lipinski definition) is 9. The van der Waals surface area contributed by atoms with E-state index in [-0.39, 0.29) is 11.1 Å². The van der Waals surface area contributed by atoms with Gasteiger partial charge in [-0.3, -0.25) is 9.80 Å². The molecule has 4 fully saturated rings. The number of morpholine rings is 1. The highest BCUT2D eigenvalue weighted by Crippen LogP contribution is 2.51. The van der Waals surface area contributed by atoms with Crippen LogP contribution in [0.4, 0.5) is 11.6 Å². The Kier molecular flexibility index (Phi) is 6.85. The molecule has 9 nitrogen and oxygen atoms in total. The lowest BCUT2D eigenvalue weighted by atomic mass is 9.67. The Hall–Kier alpha value is -2.30. The first-order chi connectivity index (χ1) is 18.3. The van der Waals surface area contributed by atoms with Crippen molar-refractivity contribution in [3.63, 3.8) is 0 Å². The fourth-order valence-corrected chi connectivity index (χ4v) is 7.14. The number of β-amino-alcohol motifs (C(OH)–C–C–N with tert-alkyl or cyclic N) is 1. The Bertz CT molecular complexity index is 1080. The van der Waals surface area contributed by atoms with Gasteiger partial charge in [-0.2, -0.15) is 0 Å². The molecule has 1 aromatic heterocycles. The Morgan fingerprint density at radius 1 is 0.974 bits per heavy atom. The molecule has 2 aliphatic heterocycles. The van der Waals surface area contributed by atoms with Gasteiger partial charge >= 0.3 is 0 Å². The monoisotopic (exact) mass is 522 g/mol. The third-order valence-electron chi connectivity index (χ3n) is 9.81. The molecule has 206 valence electrons. The number of benzene rings is 1. The first-order valence-electron chi connectivity index (χ1n) is 14.2. The first kappa shape index (κ1) is 26.0. The van der Waals surface area contributed by atoms with Crippen LogP contribution in [0.5, 0.6) is 0 Å². The second kappa shape index (κ2) is 10.0. The summed E-state index contributed by atoms with van der Waals surface area (Å²) < 4.78 is 5.46. The van der Waals surface area contributed by atoms with E-state index in [2.05, 4.69) is 69.1 Å². The summed E-state index contributed by atoms with van der Waals surface area (Å²) in [5.41, 5.74) is 1.21. The summed E-state index contributed by atoms with van der Waals surface area (Å²) in [5, 5.41) is 22.9. The zero-order valence-corrected chi connectivity index (χ0v) is 22.8. The van der Waals surface area contributed by atoms with Gasteiger partial charge in [0.05, 0.1) is 36.9 Å². The Balaban J connectivity index is 1.27. The van der Waals surface area contributed by atoms with E-state index in [1.54, 1.807) is 0 Å². The zero-order chi connectivity index (χ0) is 26.4. The van der Waals surface area contributed by atoms with E-state index in [1.807, 2.05) is 17.3 Å². The van der Waals surface area contributed by atoms with Crippen LogP contribution in [0.25, 0.3) is 0 Å². The fourth-order valence-electron chi connectivity index (χ4n) is 7.14. The number of ether oxygens (including phenoxy) is 1. The lowest BCUT2D eigenvalue weighted by Crippen LogP contribution is -2.60. The van der Waals surface area contributed by atoms with Crippen molar-refractivity contribution in [2.24, 2.45) is 0 Å². The van der Waals surface area contributed by atoms with E-state index in [4.69, 9.17) is 4.74 Å². The molecule has 1 unspecified atom stereocenters. The molecule has 1 aromatic carbocycles. The van der Waals surface area contributed by atoms with Crippen LogP contribution in [0.1, 0.15) is 50.5 Å². The van der Waals surface area contributed by atoms with Crippen LogP contribution in [0, 0.1) is 0 Å². The summed E-state index contributed by atoms with van der Waals surface area (Å²) in [6, 6.07) is 10.8. The topological polar surface area (TPSA) is 88.4 Å². The average Bonchev–Trinajstić information content (AvgIpc) is 3.20. The number of aromatic nitrogens is 2. The van der Waals surface area contributed by atoms with Crippen LogP contribution in [-0.4, -0.2) is 101 Å². The van der Waals surface area contributed by atoms with Crippen LogP contribution in [0.15, 0.2) is 42.7 Å². The average molecular weight is 523 g/mol. The van der Waals surface area contributed by atoms with Crippen LogP contribution >= 0.6 is 0 Å². The molecule has 2 aliphatic carbocycles. The van der Waals surface area contributed by atoms with E-state index < -0.39 is 12.0 Å². The van der Waals surface area contributed by atoms with Gasteiger partial charge < -0.3 is 24.7 Å². The number of rotatable bonds is 6. The van der Waals surface area contributed by atoms with Gasteiger partial charge in [0.15, 0.2) is 6.35 Å². The SMILES string of the molecule is CN(C)[C@]1(c2ccccc2)CC[C@]2(CC1)CN(c1cnc(N3CCOCC3)nc1)C(O)N2CC1(O)CCC1. The molecule has 3 heterocycles. The summed E-state index contributed by atoms with van der Waals surface area (Å²) in [5.74, 6) is 0.706. The van der Waals surface area contributed by atoms with Crippen molar-refractivity contribution in [3.8, 4) is 0 Å². The molecular formula is C29H42N6O3. The molecular weight excluding hydrogens is 480 g/mol. The molecule has 2 saturated carbocycles. The standard InChI is InChI=1S/C29H42N6O3/c1-32(2)29(23-7-4-3-5-8-23)13-11-27(12-14-29)21-34(26(36)35(27)22-28(37)9-6-10-28)24-19-30-25(31-20-24)33-15-17-38-18-16-33/h3-5,7-8,19-20,26,36-37H,6,9-18,21-22H2,1-2H3/t26?,27-,29+. The Morgan fingerprint density at radius 3 is 2.21 bits per heavy atom. The van der Waals surface area contributed by atoms with Gasteiger partial charge in [0, 0.05) is 37.3 Å². The minimum absolute atomic E-state index is 0.0349. The molecule has 2 saturated heterocycles. The molecule has 38 heavy (non-hydrogen) atoms. The highest BCUT2D eigenvalue weighted by atomic mass is 16.5. The second-order valence-corrected chi connectivity index (χ2v) is 12.0. The number of nitrogens with zero attached hydrogens (tertiary/aromatic N) is 6. The molecule has 2 N–H and O–H groups in total. The van der Waals surface area contributed by atoms with E-state index in [0.29, 0.717) is 32.3 Å².